The number of para-hydroxylation sites is 1. The van der Waals surface area contributed by atoms with E-state index in [-0.39, 0.29) is 5.91 Å². The minimum absolute atomic E-state index is 0.139. The highest BCUT2D eigenvalue weighted by Crippen LogP contribution is 2.23. The number of nitrogens with zero attached hydrogens (tertiary/aromatic N) is 2. The van der Waals surface area contributed by atoms with E-state index in [0.717, 1.165) is 34.1 Å². The minimum atomic E-state index is -0.139. The highest BCUT2D eigenvalue weighted by molar-refractivity contribution is 5.94. The van der Waals surface area contributed by atoms with Gasteiger partial charge in [-0.3, -0.25) is 4.79 Å². The SMILES string of the molecule is COc1ccc(-c2cn(Cc3ccccc3N)c(CNC(=O)c3ccccc3)n2)cc1. The number of nitrogen functional groups attached to an aromatic ring is 1. The lowest BCUT2D eigenvalue weighted by Gasteiger charge is -2.10. The van der Waals surface area contributed by atoms with E-state index in [4.69, 9.17) is 15.5 Å². The van der Waals surface area contributed by atoms with Gasteiger partial charge in [-0.15, -0.1) is 0 Å². The first kappa shape index (κ1) is 20.2. The second kappa shape index (κ2) is 9.17. The number of benzene rings is 3. The summed E-state index contributed by atoms with van der Waals surface area (Å²) in [5, 5.41) is 2.97. The highest BCUT2D eigenvalue weighted by atomic mass is 16.5. The number of aromatic nitrogens is 2. The van der Waals surface area contributed by atoms with Gasteiger partial charge in [0.05, 0.1) is 25.9 Å². The van der Waals surface area contributed by atoms with Crippen molar-refractivity contribution < 1.29 is 9.53 Å². The molecule has 0 radical (unpaired) electrons. The number of rotatable bonds is 7. The summed E-state index contributed by atoms with van der Waals surface area (Å²) in [7, 11) is 1.64. The van der Waals surface area contributed by atoms with Crippen LogP contribution < -0.4 is 15.8 Å². The summed E-state index contributed by atoms with van der Waals surface area (Å²) in [5.74, 6) is 1.40. The monoisotopic (exact) mass is 412 g/mol. The summed E-state index contributed by atoms with van der Waals surface area (Å²) in [6.45, 7) is 0.864. The van der Waals surface area contributed by atoms with Gasteiger partial charge >= 0.3 is 0 Å². The van der Waals surface area contributed by atoms with E-state index < -0.39 is 0 Å². The molecule has 1 amide bonds. The summed E-state index contributed by atoms with van der Waals surface area (Å²) in [5.41, 5.74) is 10.3. The van der Waals surface area contributed by atoms with E-state index >= 15 is 0 Å². The van der Waals surface area contributed by atoms with Gasteiger partial charge in [-0.2, -0.15) is 0 Å². The van der Waals surface area contributed by atoms with Crippen LogP contribution in [0.2, 0.25) is 0 Å². The van der Waals surface area contributed by atoms with Gasteiger partial charge in [-0.25, -0.2) is 4.98 Å². The Morgan fingerprint density at radius 3 is 2.42 bits per heavy atom. The van der Waals surface area contributed by atoms with Crippen LogP contribution >= 0.6 is 0 Å². The van der Waals surface area contributed by atoms with Crippen LogP contribution in [0.3, 0.4) is 0 Å². The van der Waals surface area contributed by atoms with Crippen LogP contribution in [0.25, 0.3) is 11.3 Å². The van der Waals surface area contributed by atoms with Crippen LogP contribution in [0.15, 0.2) is 85.1 Å². The molecule has 0 bridgehead atoms. The number of nitrogens with two attached hydrogens (primary N) is 1. The van der Waals surface area contributed by atoms with Gasteiger partial charge in [0.2, 0.25) is 0 Å². The minimum Gasteiger partial charge on any atom is -0.497 e. The average Bonchev–Trinajstić information content (AvgIpc) is 3.22. The molecule has 6 nitrogen and oxygen atoms in total. The Hall–Kier alpha value is -4.06. The zero-order valence-corrected chi connectivity index (χ0v) is 17.3. The molecule has 0 atom stereocenters. The molecule has 3 aromatic carbocycles. The van der Waals surface area contributed by atoms with E-state index in [0.29, 0.717) is 18.7 Å². The fourth-order valence-corrected chi connectivity index (χ4v) is 3.35. The maximum Gasteiger partial charge on any atom is 0.251 e. The lowest BCUT2D eigenvalue weighted by atomic mass is 10.1. The number of imidazole rings is 1. The number of ether oxygens (including phenoxy) is 1. The molecule has 1 aromatic heterocycles. The molecule has 6 heteroatoms. The molecule has 0 unspecified atom stereocenters. The van der Waals surface area contributed by atoms with E-state index in [1.165, 1.54) is 0 Å². The molecule has 4 rings (SSSR count). The normalized spacial score (nSPS) is 10.6. The zero-order chi connectivity index (χ0) is 21.6. The van der Waals surface area contributed by atoms with E-state index in [1.807, 2.05) is 77.5 Å². The Kier molecular flexibility index (Phi) is 5.98. The molecular formula is C25H24N4O2. The molecule has 31 heavy (non-hydrogen) atoms. The molecule has 3 N–H and O–H groups in total. The second-order valence-corrected chi connectivity index (χ2v) is 7.15. The molecule has 0 aliphatic rings. The summed E-state index contributed by atoms with van der Waals surface area (Å²) in [6.07, 6.45) is 1.98. The van der Waals surface area contributed by atoms with Gasteiger partial charge in [0.15, 0.2) is 0 Å². The first-order valence-corrected chi connectivity index (χ1v) is 10.0. The van der Waals surface area contributed by atoms with Crippen LogP contribution in [-0.2, 0) is 13.1 Å². The summed E-state index contributed by atoms with van der Waals surface area (Å²) in [4.78, 5) is 17.3. The van der Waals surface area contributed by atoms with Gasteiger partial charge in [0, 0.05) is 23.0 Å². The molecule has 4 aromatic rings. The fourth-order valence-electron chi connectivity index (χ4n) is 3.35. The van der Waals surface area contributed by atoms with Crippen molar-refractivity contribution >= 4 is 11.6 Å². The van der Waals surface area contributed by atoms with Gasteiger partial charge in [0.25, 0.3) is 5.91 Å². The smallest absolute Gasteiger partial charge is 0.251 e. The molecule has 0 fully saturated rings. The highest BCUT2D eigenvalue weighted by Gasteiger charge is 2.13. The van der Waals surface area contributed by atoms with Crippen LogP contribution in [0.4, 0.5) is 5.69 Å². The molecule has 156 valence electrons. The standard InChI is InChI=1S/C25H24N4O2/c1-31-21-13-11-18(12-14-21)23-17-29(16-20-9-5-6-10-22(20)26)24(28-23)15-27-25(30)19-7-3-2-4-8-19/h2-14,17H,15-16,26H2,1H3,(H,27,30). The topological polar surface area (TPSA) is 82.2 Å². The number of amides is 1. The first-order valence-electron chi connectivity index (χ1n) is 10.0. The first-order chi connectivity index (χ1) is 15.1. The lowest BCUT2D eigenvalue weighted by molar-refractivity contribution is 0.0949. The zero-order valence-electron chi connectivity index (χ0n) is 17.3. The Labute approximate surface area is 181 Å². The van der Waals surface area contributed by atoms with Gasteiger partial charge in [0.1, 0.15) is 11.6 Å². The molecule has 0 spiro atoms. The number of nitrogens with one attached hydrogen (secondary N) is 1. The van der Waals surface area contributed by atoms with Crippen molar-refractivity contribution in [2.45, 2.75) is 13.1 Å². The van der Waals surface area contributed by atoms with Crippen LogP contribution in [-0.4, -0.2) is 22.6 Å². The number of hydrogen-bond donors (Lipinski definition) is 2. The molecule has 0 aliphatic heterocycles. The van der Waals surface area contributed by atoms with Crippen molar-refractivity contribution in [3.05, 3.63) is 102 Å². The van der Waals surface area contributed by atoms with Gasteiger partial charge in [-0.1, -0.05) is 36.4 Å². The largest absolute Gasteiger partial charge is 0.497 e. The van der Waals surface area contributed by atoms with Crippen molar-refractivity contribution in [1.29, 1.82) is 0 Å². The van der Waals surface area contributed by atoms with E-state index in [1.54, 1.807) is 19.2 Å². The molecule has 1 heterocycles. The predicted molar refractivity (Wildman–Crippen MR) is 122 cm³/mol. The maximum atomic E-state index is 12.5. The average molecular weight is 412 g/mol. The number of hydrogen-bond acceptors (Lipinski definition) is 4. The number of carbonyl (C=O) groups excluding carboxylic acids is 1. The van der Waals surface area contributed by atoms with E-state index in [9.17, 15) is 4.79 Å². The molecule has 0 saturated carbocycles. The second-order valence-electron chi connectivity index (χ2n) is 7.15. The molecule has 0 aliphatic carbocycles. The third-order valence-corrected chi connectivity index (χ3v) is 5.08. The summed E-state index contributed by atoms with van der Waals surface area (Å²) in [6, 6.07) is 24.6. The van der Waals surface area contributed by atoms with Crippen molar-refractivity contribution in [3.63, 3.8) is 0 Å². The third-order valence-electron chi connectivity index (χ3n) is 5.08. The van der Waals surface area contributed by atoms with Crippen LogP contribution in [0.1, 0.15) is 21.7 Å². The molecule has 0 saturated heterocycles. The predicted octanol–water partition coefficient (Wildman–Crippen LogP) is 4.12. The van der Waals surface area contributed by atoms with Crippen molar-refractivity contribution in [2.75, 3.05) is 12.8 Å². The Morgan fingerprint density at radius 1 is 1.00 bits per heavy atom. The lowest BCUT2D eigenvalue weighted by Crippen LogP contribution is -2.24. The summed E-state index contributed by atoms with van der Waals surface area (Å²) >= 11 is 0. The van der Waals surface area contributed by atoms with Gasteiger partial charge in [-0.05, 0) is 48.0 Å². The van der Waals surface area contributed by atoms with Crippen molar-refractivity contribution in [2.24, 2.45) is 0 Å². The quantitative estimate of drug-likeness (QED) is 0.448. The van der Waals surface area contributed by atoms with Crippen LogP contribution in [0, 0.1) is 0 Å². The third kappa shape index (κ3) is 4.75. The van der Waals surface area contributed by atoms with Crippen molar-refractivity contribution in [3.8, 4) is 17.0 Å². The van der Waals surface area contributed by atoms with Crippen molar-refractivity contribution in [1.82, 2.24) is 14.9 Å². The molecular weight excluding hydrogens is 388 g/mol. The number of anilines is 1. The summed E-state index contributed by atoms with van der Waals surface area (Å²) < 4.78 is 7.27. The Morgan fingerprint density at radius 2 is 1.71 bits per heavy atom. The number of carbonyl (C=O) groups is 1. The Bertz CT molecular complexity index is 1170. The van der Waals surface area contributed by atoms with Crippen LogP contribution in [0.5, 0.6) is 5.75 Å². The Balaban J connectivity index is 1.61. The maximum absolute atomic E-state index is 12.5. The number of methoxy groups -OCH3 is 1. The fraction of sp³-hybridized carbons (Fsp3) is 0.120. The van der Waals surface area contributed by atoms with Gasteiger partial charge < -0.3 is 20.4 Å². The van der Waals surface area contributed by atoms with E-state index in [2.05, 4.69) is 5.32 Å².